The van der Waals surface area contributed by atoms with Gasteiger partial charge in [-0.25, -0.2) is 0 Å². The van der Waals surface area contributed by atoms with Crippen LogP contribution in [0.25, 0.3) is 0 Å². The molecule has 1 aliphatic rings. The minimum absolute atomic E-state index is 0.0383. The number of hydrogen-bond acceptors (Lipinski definition) is 1. The van der Waals surface area contributed by atoms with Crippen LogP contribution in [-0.2, 0) is 17.6 Å². The summed E-state index contributed by atoms with van der Waals surface area (Å²) in [5.41, 5.74) is 4.77. The van der Waals surface area contributed by atoms with Crippen LogP contribution in [0.3, 0.4) is 0 Å². The number of nitrogens with zero attached hydrogens (tertiary/aromatic N) is 1. The van der Waals surface area contributed by atoms with E-state index in [2.05, 4.69) is 37.3 Å². The lowest BCUT2D eigenvalue weighted by Gasteiger charge is -2.11. The first-order valence-electron chi connectivity index (χ1n) is 7.15. The highest BCUT2D eigenvalue weighted by atomic mass is 16.2. The predicted octanol–water partition coefficient (Wildman–Crippen LogP) is 3.55. The molecule has 2 aromatic carbocycles. The van der Waals surface area contributed by atoms with Crippen molar-refractivity contribution in [2.24, 2.45) is 0 Å². The molecule has 0 N–H and O–H groups in total. The zero-order valence-corrected chi connectivity index (χ0v) is 12.0. The van der Waals surface area contributed by atoms with Gasteiger partial charge in [-0.2, -0.15) is 0 Å². The van der Waals surface area contributed by atoms with Gasteiger partial charge in [-0.05, 0) is 35.6 Å². The van der Waals surface area contributed by atoms with Gasteiger partial charge < -0.3 is 4.90 Å². The van der Waals surface area contributed by atoms with Gasteiger partial charge in [0, 0.05) is 12.7 Å². The largest absolute Gasteiger partial charge is 0.315 e. The van der Waals surface area contributed by atoms with Crippen molar-refractivity contribution in [3.63, 3.8) is 0 Å². The van der Waals surface area contributed by atoms with Gasteiger partial charge >= 0.3 is 0 Å². The lowest BCUT2D eigenvalue weighted by Crippen LogP contribution is -2.24. The topological polar surface area (TPSA) is 20.3 Å². The number of para-hydroxylation sites is 1. The normalized spacial score (nSPS) is 17.4. The molecule has 0 saturated heterocycles. The number of carbonyl (C=O) groups excluding carboxylic acids is 1. The molecular weight excluding hydrogens is 246 g/mol. The highest BCUT2D eigenvalue weighted by molar-refractivity contribution is 6.04. The Morgan fingerprint density at radius 2 is 1.65 bits per heavy atom. The van der Waals surface area contributed by atoms with Gasteiger partial charge in [0.05, 0.1) is 5.92 Å². The molecule has 0 bridgehead atoms. The summed E-state index contributed by atoms with van der Waals surface area (Å²) in [5.74, 6) is 0.162. The fraction of sp³-hybridized carbons (Fsp3) is 0.278. The first kappa shape index (κ1) is 12.9. The maximum absolute atomic E-state index is 12.4. The Morgan fingerprint density at radius 1 is 1.00 bits per heavy atom. The van der Waals surface area contributed by atoms with Gasteiger partial charge in [0.25, 0.3) is 0 Å². The molecule has 2 nitrogen and oxygen atoms in total. The monoisotopic (exact) mass is 265 g/mol. The second kappa shape index (κ2) is 5.12. The van der Waals surface area contributed by atoms with E-state index in [0.717, 1.165) is 24.1 Å². The third-order valence-corrected chi connectivity index (χ3v) is 4.17. The highest BCUT2D eigenvalue weighted by Crippen LogP contribution is 2.37. The molecule has 1 atom stereocenters. The zero-order chi connectivity index (χ0) is 14.1. The van der Waals surface area contributed by atoms with Gasteiger partial charge in [0.2, 0.25) is 5.91 Å². The molecule has 1 unspecified atom stereocenters. The van der Waals surface area contributed by atoms with E-state index in [9.17, 15) is 4.79 Å². The number of amides is 1. The summed E-state index contributed by atoms with van der Waals surface area (Å²) in [6, 6.07) is 16.7. The van der Waals surface area contributed by atoms with Crippen molar-refractivity contribution < 1.29 is 4.79 Å². The van der Waals surface area contributed by atoms with Crippen LogP contribution >= 0.6 is 0 Å². The molecule has 0 fully saturated rings. The van der Waals surface area contributed by atoms with Crippen LogP contribution in [0.5, 0.6) is 0 Å². The highest BCUT2D eigenvalue weighted by Gasteiger charge is 2.34. The smallest absolute Gasteiger partial charge is 0.234 e. The molecular formula is C18H19NO. The summed E-state index contributed by atoms with van der Waals surface area (Å²) >= 11 is 0. The number of carbonyl (C=O) groups is 1. The Hall–Kier alpha value is -2.09. The van der Waals surface area contributed by atoms with E-state index in [1.807, 2.05) is 25.2 Å². The van der Waals surface area contributed by atoms with E-state index in [0.29, 0.717) is 0 Å². The molecule has 0 saturated carbocycles. The van der Waals surface area contributed by atoms with Crippen LogP contribution in [0.1, 0.15) is 29.5 Å². The lowest BCUT2D eigenvalue weighted by atomic mass is 9.93. The Bertz CT molecular complexity index is 630. The minimum atomic E-state index is -0.0383. The van der Waals surface area contributed by atoms with E-state index in [1.165, 1.54) is 11.1 Å². The van der Waals surface area contributed by atoms with Crippen LogP contribution in [0, 0.1) is 0 Å². The van der Waals surface area contributed by atoms with Crippen LogP contribution < -0.4 is 4.90 Å². The van der Waals surface area contributed by atoms with Crippen molar-refractivity contribution in [2.75, 3.05) is 11.9 Å². The Balaban J connectivity index is 1.88. The van der Waals surface area contributed by atoms with Crippen LogP contribution in [0.4, 0.5) is 5.69 Å². The molecule has 1 amide bonds. The summed E-state index contributed by atoms with van der Waals surface area (Å²) in [7, 11) is 1.86. The van der Waals surface area contributed by atoms with E-state index >= 15 is 0 Å². The number of rotatable bonds is 3. The molecule has 20 heavy (non-hydrogen) atoms. The summed E-state index contributed by atoms with van der Waals surface area (Å²) in [6.45, 7) is 2.15. The fourth-order valence-electron chi connectivity index (χ4n) is 2.92. The lowest BCUT2D eigenvalue weighted by molar-refractivity contribution is -0.119. The van der Waals surface area contributed by atoms with Gasteiger partial charge in [-0.1, -0.05) is 49.4 Å². The maximum atomic E-state index is 12.4. The molecule has 1 aliphatic heterocycles. The molecule has 0 aliphatic carbocycles. The van der Waals surface area contributed by atoms with Crippen molar-refractivity contribution in [2.45, 2.75) is 25.7 Å². The van der Waals surface area contributed by atoms with Crippen LogP contribution in [0.2, 0.25) is 0 Å². The first-order chi connectivity index (χ1) is 9.70. The Morgan fingerprint density at radius 3 is 2.35 bits per heavy atom. The average molecular weight is 265 g/mol. The van der Waals surface area contributed by atoms with Crippen molar-refractivity contribution in [3.8, 4) is 0 Å². The number of aryl methyl sites for hydroxylation is 1. The quantitative estimate of drug-likeness (QED) is 0.831. The number of likely N-dealkylation sites (N-methyl/N-ethyl adjacent to an activating group) is 1. The number of benzene rings is 2. The second-order valence-corrected chi connectivity index (χ2v) is 5.38. The fourth-order valence-corrected chi connectivity index (χ4v) is 2.92. The van der Waals surface area contributed by atoms with Gasteiger partial charge in [-0.15, -0.1) is 0 Å². The first-order valence-corrected chi connectivity index (χ1v) is 7.15. The third-order valence-electron chi connectivity index (χ3n) is 4.17. The molecule has 0 radical (unpaired) electrons. The minimum Gasteiger partial charge on any atom is -0.315 e. The average Bonchev–Trinajstić information content (AvgIpc) is 2.74. The zero-order valence-electron chi connectivity index (χ0n) is 12.0. The molecule has 3 rings (SSSR count). The molecule has 2 aromatic rings. The van der Waals surface area contributed by atoms with Gasteiger partial charge in [-0.3, -0.25) is 4.79 Å². The van der Waals surface area contributed by atoms with Crippen LogP contribution in [-0.4, -0.2) is 13.0 Å². The third kappa shape index (κ3) is 2.11. The SMILES string of the molecule is CCc1ccc(CC2C(=O)N(C)c3ccccc32)cc1. The predicted molar refractivity (Wildman–Crippen MR) is 82.1 cm³/mol. The molecule has 1 heterocycles. The molecule has 0 aromatic heterocycles. The molecule has 102 valence electrons. The van der Waals surface area contributed by atoms with E-state index in [-0.39, 0.29) is 11.8 Å². The van der Waals surface area contributed by atoms with E-state index < -0.39 is 0 Å². The van der Waals surface area contributed by atoms with Crippen molar-refractivity contribution >= 4 is 11.6 Å². The van der Waals surface area contributed by atoms with E-state index in [4.69, 9.17) is 0 Å². The summed E-state index contributed by atoms with van der Waals surface area (Å²) in [6.07, 6.45) is 1.83. The van der Waals surface area contributed by atoms with Crippen LogP contribution in [0.15, 0.2) is 48.5 Å². The number of fused-ring (bicyclic) bond motifs is 1. The van der Waals surface area contributed by atoms with Crippen molar-refractivity contribution in [1.82, 2.24) is 0 Å². The maximum Gasteiger partial charge on any atom is 0.234 e. The second-order valence-electron chi connectivity index (χ2n) is 5.38. The summed E-state index contributed by atoms with van der Waals surface area (Å²) < 4.78 is 0. The summed E-state index contributed by atoms with van der Waals surface area (Å²) in [4.78, 5) is 14.2. The Kier molecular flexibility index (Phi) is 3.31. The summed E-state index contributed by atoms with van der Waals surface area (Å²) in [5, 5.41) is 0. The van der Waals surface area contributed by atoms with Crippen molar-refractivity contribution in [3.05, 3.63) is 65.2 Å². The number of anilines is 1. The van der Waals surface area contributed by atoms with Crippen molar-refractivity contribution in [1.29, 1.82) is 0 Å². The van der Waals surface area contributed by atoms with E-state index in [1.54, 1.807) is 4.90 Å². The molecule has 2 heteroatoms. The Labute approximate surface area is 120 Å². The van der Waals surface area contributed by atoms with Gasteiger partial charge in [0.15, 0.2) is 0 Å². The van der Waals surface area contributed by atoms with Gasteiger partial charge in [0.1, 0.15) is 0 Å². The molecule has 0 spiro atoms. The standard InChI is InChI=1S/C18H19NO/c1-3-13-8-10-14(11-9-13)12-16-15-6-4-5-7-17(15)19(2)18(16)20/h4-11,16H,3,12H2,1-2H3. The number of hydrogen-bond donors (Lipinski definition) is 0.